The number of carbonyl (C=O) groups is 1. The van der Waals surface area contributed by atoms with Crippen LogP contribution >= 0.6 is 0 Å². The van der Waals surface area contributed by atoms with Crippen LogP contribution in [0.25, 0.3) is 0 Å². The van der Waals surface area contributed by atoms with Crippen molar-refractivity contribution >= 4 is 5.91 Å². The molecule has 2 atom stereocenters. The van der Waals surface area contributed by atoms with E-state index in [2.05, 4.69) is 64.4 Å². The van der Waals surface area contributed by atoms with Gasteiger partial charge in [-0.3, -0.25) is 14.8 Å². The Labute approximate surface area is 154 Å². The topological polar surface area (TPSA) is 55.5 Å². The average Bonchev–Trinajstić information content (AvgIpc) is 3.29. The van der Waals surface area contributed by atoms with Crippen LogP contribution in [0.5, 0.6) is 0 Å². The minimum atomic E-state index is 0.0737. The van der Waals surface area contributed by atoms with Gasteiger partial charge in [0.05, 0.1) is 0 Å². The van der Waals surface area contributed by atoms with Gasteiger partial charge < -0.3 is 9.80 Å². The second-order valence-electron chi connectivity index (χ2n) is 8.11. The van der Waals surface area contributed by atoms with Crippen molar-refractivity contribution in [2.45, 2.75) is 6.54 Å². The smallest absolute Gasteiger partial charge is 0.271 e. The molecule has 1 amide bonds. The van der Waals surface area contributed by atoms with Crippen molar-refractivity contribution in [1.82, 2.24) is 24.9 Å². The van der Waals surface area contributed by atoms with Crippen LogP contribution in [0.1, 0.15) is 16.1 Å². The van der Waals surface area contributed by atoms with Gasteiger partial charge in [0.15, 0.2) is 0 Å². The van der Waals surface area contributed by atoms with Gasteiger partial charge in [-0.25, -0.2) is 0 Å². The molecule has 0 radical (unpaired) electrons. The van der Waals surface area contributed by atoms with Crippen LogP contribution in [-0.4, -0.2) is 77.6 Å². The fourth-order valence-electron chi connectivity index (χ4n) is 4.81. The van der Waals surface area contributed by atoms with E-state index in [1.165, 1.54) is 5.56 Å². The van der Waals surface area contributed by atoms with Gasteiger partial charge in [0.25, 0.3) is 5.91 Å². The molecule has 2 aliphatic rings. The highest BCUT2D eigenvalue weighted by Crippen LogP contribution is 2.43. The van der Waals surface area contributed by atoms with Crippen LogP contribution in [0, 0.1) is 11.3 Å². The second-order valence-corrected chi connectivity index (χ2v) is 8.11. The van der Waals surface area contributed by atoms with E-state index in [1.54, 1.807) is 12.3 Å². The van der Waals surface area contributed by atoms with Crippen LogP contribution in [-0.2, 0) is 6.54 Å². The predicted molar refractivity (Wildman–Crippen MR) is 101 cm³/mol. The Morgan fingerprint density at radius 2 is 2.04 bits per heavy atom. The number of fused-ring (bicyclic) bond motifs is 1. The molecule has 4 rings (SSSR count). The van der Waals surface area contributed by atoms with Crippen molar-refractivity contribution in [2.24, 2.45) is 11.3 Å². The molecule has 2 aromatic rings. The molecule has 1 aromatic carbocycles. The molecule has 2 aliphatic heterocycles. The Kier molecular flexibility index (Phi) is 4.54. The molecule has 0 unspecified atom stereocenters. The summed E-state index contributed by atoms with van der Waals surface area (Å²) in [7, 11) is 4.26. The number of nitrogens with zero attached hydrogens (tertiary/aromatic N) is 4. The lowest BCUT2D eigenvalue weighted by atomic mass is 9.80. The first kappa shape index (κ1) is 17.2. The van der Waals surface area contributed by atoms with Crippen LogP contribution < -0.4 is 0 Å². The maximum absolute atomic E-state index is 12.8. The molecule has 6 heteroatoms. The molecule has 3 heterocycles. The van der Waals surface area contributed by atoms with Crippen LogP contribution in [0.2, 0.25) is 0 Å². The third-order valence-electron chi connectivity index (χ3n) is 5.73. The number of likely N-dealkylation sites (tertiary alicyclic amines) is 2. The Morgan fingerprint density at radius 1 is 1.23 bits per heavy atom. The molecule has 0 spiro atoms. The summed E-state index contributed by atoms with van der Waals surface area (Å²) in [5.74, 6) is 0.588. The molecule has 1 N–H and O–H groups in total. The minimum Gasteiger partial charge on any atom is -0.336 e. The van der Waals surface area contributed by atoms with Gasteiger partial charge in [-0.2, -0.15) is 5.10 Å². The molecule has 2 saturated heterocycles. The van der Waals surface area contributed by atoms with Crippen molar-refractivity contribution in [3.8, 4) is 0 Å². The summed E-state index contributed by atoms with van der Waals surface area (Å²) in [6.07, 6.45) is 1.64. The Hall–Kier alpha value is -2.18. The third-order valence-corrected chi connectivity index (χ3v) is 5.73. The first-order valence-corrected chi connectivity index (χ1v) is 9.25. The first-order chi connectivity index (χ1) is 12.6. The van der Waals surface area contributed by atoms with E-state index in [9.17, 15) is 4.79 Å². The van der Waals surface area contributed by atoms with E-state index in [0.717, 1.165) is 39.3 Å². The number of H-pyrrole nitrogens is 1. The fourth-order valence-corrected chi connectivity index (χ4v) is 4.81. The molecular formula is C20H27N5O. The predicted octanol–water partition coefficient (Wildman–Crippen LogP) is 1.55. The van der Waals surface area contributed by atoms with E-state index in [0.29, 0.717) is 11.6 Å². The van der Waals surface area contributed by atoms with Gasteiger partial charge in [0.2, 0.25) is 0 Å². The molecule has 0 bridgehead atoms. The number of hydrogen-bond acceptors (Lipinski definition) is 4. The lowest BCUT2D eigenvalue weighted by Crippen LogP contribution is -2.42. The van der Waals surface area contributed by atoms with Crippen LogP contribution in [0.4, 0.5) is 0 Å². The van der Waals surface area contributed by atoms with Crippen molar-refractivity contribution in [3.63, 3.8) is 0 Å². The molecular weight excluding hydrogens is 326 g/mol. The van der Waals surface area contributed by atoms with Crippen molar-refractivity contribution < 1.29 is 4.79 Å². The molecule has 26 heavy (non-hydrogen) atoms. The van der Waals surface area contributed by atoms with Gasteiger partial charge in [0.1, 0.15) is 5.69 Å². The van der Waals surface area contributed by atoms with Crippen molar-refractivity contribution in [2.75, 3.05) is 46.8 Å². The summed E-state index contributed by atoms with van der Waals surface area (Å²) in [5.41, 5.74) is 2.09. The Balaban J connectivity index is 1.49. The highest BCUT2D eigenvalue weighted by Gasteiger charge is 2.53. The lowest BCUT2D eigenvalue weighted by Gasteiger charge is -2.32. The summed E-state index contributed by atoms with van der Waals surface area (Å²) in [4.78, 5) is 19.6. The summed E-state index contributed by atoms with van der Waals surface area (Å²) >= 11 is 0. The highest BCUT2D eigenvalue weighted by molar-refractivity contribution is 5.92. The quantitative estimate of drug-likeness (QED) is 0.886. The maximum atomic E-state index is 12.8. The minimum absolute atomic E-state index is 0.0737. The summed E-state index contributed by atoms with van der Waals surface area (Å²) < 4.78 is 0. The van der Waals surface area contributed by atoms with E-state index < -0.39 is 0 Å². The zero-order valence-corrected chi connectivity index (χ0v) is 15.6. The lowest BCUT2D eigenvalue weighted by molar-refractivity contribution is 0.0742. The Bertz CT molecular complexity index is 745. The van der Waals surface area contributed by atoms with E-state index >= 15 is 0 Å². The van der Waals surface area contributed by atoms with Gasteiger partial charge >= 0.3 is 0 Å². The molecule has 6 nitrogen and oxygen atoms in total. The maximum Gasteiger partial charge on any atom is 0.271 e. The molecule has 2 fully saturated rings. The number of rotatable bonds is 5. The van der Waals surface area contributed by atoms with Gasteiger partial charge in [-0.15, -0.1) is 0 Å². The number of aromatic nitrogens is 2. The highest BCUT2D eigenvalue weighted by atomic mass is 16.2. The van der Waals surface area contributed by atoms with E-state index in [-0.39, 0.29) is 11.3 Å². The molecule has 1 aromatic heterocycles. The molecule has 0 aliphatic carbocycles. The van der Waals surface area contributed by atoms with Gasteiger partial charge in [-0.05, 0) is 31.6 Å². The van der Waals surface area contributed by atoms with Crippen LogP contribution in [0.15, 0.2) is 42.6 Å². The van der Waals surface area contributed by atoms with Crippen molar-refractivity contribution in [1.29, 1.82) is 0 Å². The first-order valence-electron chi connectivity index (χ1n) is 9.25. The summed E-state index contributed by atoms with van der Waals surface area (Å²) in [5, 5.41) is 6.73. The standard InChI is InChI=1S/C20H27N5O/c1-23(2)13-20-14-24(10-16-6-4-3-5-7-16)11-17(20)12-25(15-20)19(26)18-8-9-21-22-18/h3-9,17H,10-15H2,1-2H3,(H,21,22)/t17-,20+/m1/s1. The number of nitrogens with one attached hydrogen (secondary N) is 1. The van der Waals surface area contributed by atoms with E-state index in [1.807, 2.05) is 4.90 Å². The molecule has 0 saturated carbocycles. The van der Waals surface area contributed by atoms with Gasteiger partial charge in [-0.1, -0.05) is 30.3 Å². The normalized spacial score (nSPS) is 25.8. The number of benzene rings is 1. The number of carbonyl (C=O) groups excluding carboxylic acids is 1. The van der Waals surface area contributed by atoms with Crippen LogP contribution in [0.3, 0.4) is 0 Å². The number of amides is 1. The monoisotopic (exact) mass is 353 g/mol. The zero-order chi connectivity index (χ0) is 18.1. The SMILES string of the molecule is CN(C)C[C@@]12CN(Cc3ccccc3)C[C@@H]1CN(C(=O)c1ccn[nH]1)C2. The zero-order valence-electron chi connectivity index (χ0n) is 15.6. The Morgan fingerprint density at radius 3 is 2.73 bits per heavy atom. The van der Waals surface area contributed by atoms with Gasteiger partial charge in [0, 0.05) is 50.9 Å². The number of aromatic amines is 1. The molecule has 138 valence electrons. The number of hydrogen-bond donors (Lipinski definition) is 1. The summed E-state index contributed by atoms with van der Waals surface area (Å²) in [6.45, 7) is 5.74. The average molecular weight is 353 g/mol. The summed E-state index contributed by atoms with van der Waals surface area (Å²) in [6, 6.07) is 12.4. The van der Waals surface area contributed by atoms with Crippen molar-refractivity contribution in [3.05, 3.63) is 53.9 Å². The largest absolute Gasteiger partial charge is 0.336 e. The third kappa shape index (κ3) is 3.27. The second kappa shape index (κ2) is 6.85. The fraction of sp³-hybridized carbons (Fsp3) is 0.500. The van der Waals surface area contributed by atoms with E-state index in [4.69, 9.17) is 0 Å².